The summed E-state index contributed by atoms with van der Waals surface area (Å²) in [6.45, 7) is 6.60. The van der Waals surface area contributed by atoms with Crippen molar-refractivity contribution in [3.8, 4) is 5.69 Å². The van der Waals surface area contributed by atoms with E-state index in [0.29, 0.717) is 23.0 Å². The van der Waals surface area contributed by atoms with Crippen LogP contribution in [0.25, 0.3) is 16.7 Å². The van der Waals surface area contributed by atoms with E-state index in [-0.39, 0.29) is 5.56 Å². The Morgan fingerprint density at radius 3 is 2.52 bits per heavy atom. The molecule has 0 spiro atoms. The summed E-state index contributed by atoms with van der Waals surface area (Å²) >= 11 is 0. The number of fused-ring (bicyclic) bond motifs is 1. The van der Waals surface area contributed by atoms with Gasteiger partial charge in [0, 0.05) is 12.0 Å². The molecule has 0 saturated carbocycles. The standard InChI is InChI=1S/C26H36N6O/c1-2-3-5-10-22-23-25(32(30-22)21-8-6-4-7-9-21)28-24(29-26(23)33)19-13-17-31(18-14-19)20-11-15-27-16-12-20/h4,6-9,19-20,27H,2-3,5,10-18H2,1H3,(H,28,29,33). The van der Waals surface area contributed by atoms with Gasteiger partial charge in [-0.1, -0.05) is 38.0 Å². The number of hydrogen-bond acceptors (Lipinski definition) is 5. The molecule has 5 rings (SSSR count). The smallest absolute Gasteiger partial charge is 0.262 e. The van der Waals surface area contributed by atoms with Crippen molar-refractivity contribution in [2.45, 2.75) is 70.3 Å². The third-order valence-electron chi connectivity index (χ3n) is 7.39. The molecule has 2 aliphatic rings. The first kappa shape index (κ1) is 22.3. The van der Waals surface area contributed by atoms with Crippen LogP contribution in [-0.2, 0) is 6.42 Å². The van der Waals surface area contributed by atoms with Gasteiger partial charge in [0.15, 0.2) is 5.65 Å². The maximum absolute atomic E-state index is 13.3. The molecule has 176 valence electrons. The van der Waals surface area contributed by atoms with Crippen molar-refractivity contribution in [3.05, 3.63) is 52.2 Å². The second-order valence-corrected chi connectivity index (χ2v) is 9.59. The first-order chi connectivity index (χ1) is 16.2. The molecule has 0 bridgehead atoms. The summed E-state index contributed by atoms with van der Waals surface area (Å²) in [5.74, 6) is 1.12. The number of unbranched alkanes of at least 4 members (excludes halogenated alkanes) is 2. The predicted octanol–water partition coefficient (Wildman–Crippen LogP) is 3.77. The first-order valence-corrected chi connectivity index (χ1v) is 12.8. The van der Waals surface area contributed by atoms with Gasteiger partial charge in [-0.2, -0.15) is 5.10 Å². The average Bonchev–Trinajstić information content (AvgIpc) is 3.24. The summed E-state index contributed by atoms with van der Waals surface area (Å²) in [6, 6.07) is 10.8. The number of nitrogens with one attached hydrogen (secondary N) is 2. The summed E-state index contributed by atoms with van der Waals surface area (Å²) in [5, 5.41) is 8.99. The maximum atomic E-state index is 13.3. The van der Waals surface area contributed by atoms with Crippen LogP contribution in [-0.4, -0.2) is 56.9 Å². The van der Waals surface area contributed by atoms with Crippen molar-refractivity contribution < 1.29 is 0 Å². The molecule has 0 atom stereocenters. The van der Waals surface area contributed by atoms with Gasteiger partial charge < -0.3 is 15.2 Å². The SMILES string of the molecule is CCCCCc1nn(-c2ccccc2)c2nc(C3CCN(C4CCNCC4)CC3)[nH]c(=O)c12. The molecule has 0 amide bonds. The molecule has 0 unspecified atom stereocenters. The molecule has 2 aliphatic heterocycles. The Hall–Kier alpha value is -2.51. The number of nitrogens with zero attached hydrogens (tertiary/aromatic N) is 4. The van der Waals surface area contributed by atoms with E-state index >= 15 is 0 Å². The number of hydrogen-bond donors (Lipinski definition) is 2. The van der Waals surface area contributed by atoms with E-state index in [2.05, 4.69) is 22.1 Å². The number of H-pyrrole nitrogens is 1. The lowest BCUT2D eigenvalue weighted by molar-refractivity contribution is 0.125. The van der Waals surface area contributed by atoms with E-state index in [4.69, 9.17) is 10.1 Å². The van der Waals surface area contributed by atoms with Crippen LogP contribution in [0.5, 0.6) is 0 Å². The highest BCUT2D eigenvalue weighted by Gasteiger charge is 2.29. The van der Waals surface area contributed by atoms with Gasteiger partial charge in [-0.15, -0.1) is 0 Å². The number of rotatable bonds is 7. The van der Waals surface area contributed by atoms with Crippen molar-refractivity contribution in [2.24, 2.45) is 0 Å². The molecule has 7 nitrogen and oxygen atoms in total. The van der Waals surface area contributed by atoms with E-state index in [0.717, 1.165) is 81.9 Å². The van der Waals surface area contributed by atoms with Crippen molar-refractivity contribution in [1.29, 1.82) is 0 Å². The number of piperidine rings is 2. The summed E-state index contributed by atoms with van der Waals surface area (Å²) in [4.78, 5) is 24.1. The minimum atomic E-state index is -0.0375. The average molecular weight is 449 g/mol. The highest BCUT2D eigenvalue weighted by Crippen LogP contribution is 2.29. The lowest BCUT2D eigenvalue weighted by Crippen LogP contribution is -2.46. The molecule has 4 heterocycles. The number of para-hydroxylation sites is 1. The van der Waals surface area contributed by atoms with Gasteiger partial charge in [-0.3, -0.25) is 4.79 Å². The van der Waals surface area contributed by atoms with Gasteiger partial charge in [0.05, 0.1) is 11.4 Å². The minimum Gasteiger partial charge on any atom is -0.317 e. The Morgan fingerprint density at radius 2 is 1.79 bits per heavy atom. The van der Waals surface area contributed by atoms with Crippen LogP contribution >= 0.6 is 0 Å². The fourth-order valence-electron chi connectivity index (χ4n) is 5.48. The van der Waals surface area contributed by atoms with Crippen LogP contribution in [0.15, 0.2) is 35.1 Å². The molecule has 33 heavy (non-hydrogen) atoms. The zero-order valence-corrected chi connectivity index (χ0v) is 19.7. The van der Waals surface area contributed by atoms with Crippen LogP contribution < -0.4 is 10.9 Å². The van der Waals surface area contributed by atoms with Gasteiger partial charge in [-0.05, 0) is 76.8 Å². The van der Waals surface area contributed by atoms with Crippen molar-refractivity contribution in [2.75, 3.05) is 26.2 Å². The number of aromatic nitrogens is 4. The van der Waals surface area contributed by atoms with Crippen LogP contribution in [0, 0.1) is 0 Å². The summed E-state index contributed by atoms with van der Waals surface area (Å²) < 4.78 is 1.87. The number of benzene rings is 1. The molecule has 0 aliphatic carbocycles. The zero-order chi connectivity index (χ0) is 22.6. The maximum Gasteiger partial charge on any atom is 0.262 e. The van der Waals surface area contributed by atoms with E-state index in [1.807, 2.05) is 35.0 Å². The molecule has 7 heteroatoms. The predicted molar refractivity (Wildman–Crippen MR) is 132 cm³/mol. The molecule has 2 N–H and O–H groups in total. The van der Waals surface area contributed by atoms with Gasteiger partial charge in [0.25, 0.3) is 5.56 Å². The van der Waals surface area contributed by atoms with Crippen molar-refractivity contribution >= 4 is 11.0 Å². The summed E-state index contributed by atoms with van der Waals surface area (Å²) in [6.07, 6.45) is 8.69. The molecule has 2 fully saturated rings. The Bertz CT molecular complexity index is 1110. The zero-order valence-electron chi connectivity index (χ0n) is 19.7. The Kier molecular flexibility index (Phi) is 6.88. The first-order valence-electron chi connectivity index (χ1n) is 12.8. The molecule has 1 aromatic carbocycles. The summed E-state index contributed by atoms with van der Waals surface area (Å²) in [7, 11) is 0. The summed E-state index contributed by atoms with van der Waals surface area (Å²) in [5.41, 5.74) is 2.48. The second-order valence-electron chi connectivity index (χ2n) is 9.59. The van der Waals surface area contributed by atoms with Gasteiger partial charge >= 0.3 is 0 Å². The molecular formula is C26H36N6O. The van der Waals surface area contributed by atoms with Gasteiger partial charge in [0.2, 0.25) is 0 Å². The van der Waals surface area contributed by atoms with Gasteiger partial charge in [-0.25, -0.2) is 9.67 Å². The van der Waals surface area contributed by atoms with E-state index in [1.54, 1.807) is 0 Å². The molecule has 2 aromatic heterocycles. The fourth-order valence-corrected chi connectivity index (χ4v) is 5.48. The number of likely N-dealkylation sites (tertiary alicyclic amines) is 1. The monoisotopic (exact) mass is 448 g/mol. The van der Waals surface area contributed by atoms with Crippen LogP contribution in [0.2, 0.25) is 0 Å². The Morgan fingerprint density at radius 1 is 1.03 bits per heavy atom. The van der Waals surface area contributed by atoms with Crippen LogP contribution in [0.1, 0.15) is 69.3 Å². The Labute approximate surface area is 195 Å². The van der Waals surface area contributed by atoms with Crippen LogP contribution in [0.3, 0.4) is 0 Å². The Balaban J connectivity index is 1.44. The normalized spacial score (nSPS) is 18.8. The number of aryl methyl sites for hydroxylation is 1. The highest BCUT2D eigenvalue weighted by atomic mass is 16.1. The molecule has 2 saturated heterocycles. The fraction of sp³-hybridized carbons (Fsp3) is 0.577. The number of aromatic amines is 1. The topological polar surface area (TPSA) is 78.8 Å². The van der Waals surface area contributed by atoms with Crippen LogP contribution in [0.4, 0.5) is 0 Å². The minimum absolute atomic E-state index is 0.0375. The lowest BCUT2D eigenvalue weighted by atomic mass is 9.93. The third-order valence-corrected chi connectivity index (χ3v) is 7.39. The van der Waals surface area contributed by atoms with E-state index in [1.165, 1.54) is 12.8 Å². The van der Waals surface area contributed by atoms with Crippen molar-refractivity contribution in [3.63, 3.8) is 0 Å². The molecule has 3 aromatic rings. The lowest BCUT2D eigenvalue weighted by Gasteiger charge is -2.39. The van der Waals surface area contributed by atoms with Crippen molar-refractivity contribution in [1.82, 2.24) is 30.0 Å². The quantitative estimate of drug-likeness (QED) is 0.538. The van der Waals surface area contributed by atoms with E-state index < -0.39 is 0 Å². The molecule has 0 radical (unpaired) electrons. The van der Waals surface area contributed by atoms with Gasteiger partial charge in [0.1, 0.15) is 11.2 Å². The largest absolute Gasteiger partial charge is 0.317 e. The van der Waals surface area contributed by atoms with E-state index in [9.17, 15) is 4.79 Å². The highest BCUT2D eigenvalue weighted by molar-refractivity contribution is 5.79. The molecular weight excluding hydrogens is 412 g/mol. The second kappa shape index (κ2) is 10.2. The third kappa shape index (κ3) is 4.75.